The highest BCUT2D eigenvalue weighted by molar-refractivity contribution is 7.13. The van der Waals surface area contributed by atoms with Crippen LogP contribution < -0.4 is 20.1 Å². The lowest BCUT2D eigenvalue weighted by molar-refractivity contribution is -0.312. The van der Waals surface area contributed by atoms with E-state index in [4.69, 9.17) is 9.47 Å². The third-order valence-electron chi connectivity index (χ3n) is 5.19. The van der Waals surface area contributed by atoms with Crippen molar-refractivity contribution in [2.45, 2.75) is 33.1 Å². The van der Waals surface area contributed by atoms with E-state index in [1.807, 2.05) is 6.92 Å². The Balaban J connectivity index is 1.90. The van der Waals surface area contributed by atoms with Crippen LogP contribution in [0.3, 0.4) is 0 Å². The molecular weight excluding hydrogens is 499 g/mol. The molecule has 0 aliphatic carbocycles. The minimum Gasteiger partial charge on any atom is -0.546 e. The second-order valence-electron chi connectivity index (χ2n) is 7.82. The van der Waals surface area contributed by atoms with Gasteiger partial charge in [0.25, 0.3) is 5.56 Å². The largest absolute Gasteiger partial charge is 0.546 e. The number of aryl methyl sites for hydroxylation is 1. The van der Waals surface area contributed by atoms with Gasteiger partial charge in [-0.1, -0.05) is 11.6 Å². The third kappa shape index (κ3) is 4.89. The van der Waals surface area contributed by atoms with Crippen LogP contribution in [0.2, 0.25) is 0 Å². The van der Waals surface area contributed by atoms with E-state index in [0.717, 1.165) is 26.4 Å². The molecular formula is C24H19F3N3O5S-. The van der Waals surface area contributed by atoms with Crippen LogP contribution in [-0.2, 0) is 11.0 Å². The van der Waals surface area contributed by atoms with Crippen molar-refractivity contribution in [3.63, 3.8) is 0 Å². The molecule has 36 heavy (non-hydrogen) atoms. The van der Waals surface area contributed by atoms with E-state index in [1.54, 1.807) is 43.3 Å². The molecule has 2 aromatic heterocycles. The van der Waals surface area contributed by atoms with Crippen molar-refractivity contribution in [2.75, 3.05) is 6.61 Å². The van der Waals surface area contributed by atoms with Gasteiger partial charge in [0.2, 0.25) is 0 Å². The molecule has 1 unspecified atom stereocenters. The Labute approximate surface area is 206 Å². The van der Waals surface area contributed by atoms with Gasteiger partial charge in [0.05, 0.1) is 28.7 Å². The van der Waals surface area contributed by atoms with Crippen LogP contribution in [0.4, 0.5) is 13.2 Å². The summed E-state index contributed by atoms with van der Waals surface area (Å²) in [5.41, 5.74) is -0.280. The second kappa shape index (κ2) is 9.61. The van der Waals surface area contributed by atoms with E-state index in [0.29, 0.717) is 22.7 Å². The zero-order valence-electron chi connectivity index (χ0n) is 19.3. The number of ether oxygens (including phenoxy) is 2. The lowest BCUT2D eigenvalue weighted by Crippen LogP contribution is -2.37. The standard InChI is InChI=1S/C24H20F3N3O5S/c1-4-34-23-28-19(24(25,26)27)11-20(31)30(23)14-6-8-18-16(10-14)21(29-36-18)15-9-12(2)5-7-17(15)35-13(3)22(32)33/h5-11,13H,4H2,1-3H3,(H,32,33)/p-1. The molecule has 0 aliphatic rings. The molecule has 0 saturated carbocycles. The number of carboxylic acid groups (broad SMARTS) is 1. The van der Waals surface area contributed by atoms with Crippen molar-refractivity contribution in [1.82, 2.24) is 13.9 Å². The quantitative estimate of drug-likeness (QED) is 0.367. The summed E-state index contributed by atoms with van der Waals surface area (Å²) in [7, 11) is 0. The smallest absolute Gasteiger partial charge is 0.433 e. The molecule has 188 valence electrons. The summed E-state index contributed by atoms with van der Waals surface area (Å²) in [6.07, 6.45) is -6.04. The fourth-order valence-electron chi connectivity index (χ4n) is 3.50. The minimum atomic E-state index is -4.82. The van der Waals surface area contributed by atoms with Gasteiger partial charge in [0.1, 0.15) is 11.9 Å². The van der Waals surface area contributed by atoms with Gasteiger partial charge in [-0.25, -0.2) is 4.57 Å². The van der Waals surface area contributed by atoms with Crippen LogP contribution >= 0.6 is 11.5 Å². The first kappa shape index (κ1) is 25.2. The lowest BCUT2D eigenvalue weighted by atomic mass is 10.0. The van der Waals surface area contributed by atoms with E-state index in [9.17, 15) is 27.9 Å². The molecule has 0 saturated heterocycles. The van der Waals surface area contributed by atoms with Crippen molar-refractivity contribution < 1.29 is 32.5 Å². The number of nitrogens with zero attached hydrogens (tertiary/aromatic N) is 3. The summed E-state index contributed by atoms with van der Waals surface area (Å²) in [6, 6.07) is 9.87. The average Bonchev–Trinajstić information content (AvgIpc) is 3.22. The summed E-state index contributed by atoms with van der Waals surface area (Å²) in [5.74, 6) is -1.12. The van der Waals surface area contributed by atoms with E-state index in [-0.39, 0.29) is 18.0 Å². The maximum absolute atomic E-state index is 13.2. The molecule has 0 fully saturated rings. The highest BCUT2D eigenvalue weighted by Crippen LogP contribution is 2.38. The number of rotatable bonds is 7. The van der Waals surface area contributed by atoms with Crippen LogP contribution in [0, 0.1) is 6.92 Å². The van der Waals surface area contributed by atoms with Crippen molar-refractivity contribution in [3.8, 4) is 28.7 Å². The Morgan fingerprint density at radius 3 is 2.61 bits per heavy atom. The average molecular weight is 518 g/mol. The highest BCUT2D eigenvalue weighted by atomic mass is 32.1. The van der Waals surface area contributed by atoms with Crippen LogP contribution in [0.1, 0.15) is 25.1 Å². The number of hydrogen-bond donors (Lipinski definition) is 0. The van der Waals surface area contributed by atoms with Gasteiger partial charge in [0.15, 0.2) is 5.69 Å². The normalized spacial score (nSPS) is 12.5. The molecule has 2 aromatic carbocycles. The molecule has 0 bridgehead atoms. The van der Waals surface area contributed by atoms with Gasteiger partial charge in [-0.2, -0.15) is 22.5 Å². The number of halogens is 3. The lowest BCUT2D eigenvalue weighted by Gasteiger charge is -2.18. The number of fused-ring (bicyclic) bond motifs is 1. The molecule has 0 amide bonds. The number of alkyl halides is 3. The Morgan fingerprint density at radius 1 is 1.19 bits per heavy atom. The third-order valence-corrected chi connectivity index (χ3v) is 6.02. The molecule has 2 heterocycles. The number of benzene rings is 2. The molecule has 0 spiro atoms. The van der Waals surface area contributed by atoms with Crippen molar-refractivity contribution in [3.05, 3.63) is 64.1 Å². The summed E-state index contributed by atoms with van der Waals surface area (Å²) < 4.78 is 56.7. The number of aromatic nitrogens is 3. The topological polar surface area (TPSA) is 106 Å². The number of carbonyl (C=O) groups is 1. The van der Waals surface area contributed by atoms with Crippen LogP contribution in [-0.4, -0.2) is 32.6 Å². The maximum atomic E-state index is 13.2. The number of carboxylic acids is 1. The van der Waals surface area contributed by atoms with Crippen molar-refractivity contribution >= 4 is 27.6 Å². The van der Waals surface area contributed by atoms with Crippen LogP contribution in [0.15, 0.2) is 47.3 Å². The Kier molecular flexibility index (Phi) is 6.72. The summed E-state index contributed by atoms with van der Waals surface area (Å²) in [5, 5.41) is 11.8. The Bertz CT molecular complexity index is 1510. The molecule has 4 rings (SSSR count). The van der Waals surface area contributed by atoms with E-state index < -0.39 is 35.5 Å². The first-order valence-corrected chi connectivity index (χ1v) is 11.5. The van der Waals surface area contributed by atoms with Crippen molar-refractivity contribution in [2.24, 2.45) is 0 Å². The molecule has 1 atom stereocenters. The Morgan fingerprint density at radius 2 is 1.94 bits per heavy atom. The van der Waals surface area contributed by atoms with Gasteiger partial charge in [-0.3, -0.25) is 4.79 Å². The summed E-state index contributed by atoms with van der Waals surface area (Å²) in [4.78, 5) is 27.5. The van der Waals surface area contributed by atoms with Gasteiger partial charge < -0.3 is 19.4 Å². The molecule has 0 radical (unpaired) electrons. The number of hydrogen-bond acceptors (Lipinski definition) is 8. The zero-order valence-corrected chi connectivity index (χ0v) is 20.1. The molecule has 12 heteroatoms. The minimum absolute atomic E-state index is 0.0120. The van der Waals surface area contributed by atoms with Crippen LogP contribution in [0.25, 0.3) is 27.0 Å². The van der Waals surface area contributed by atoms with Gasteiger partial charge in [0, 0.05) is 17.0 Å². The molecule has 4 aromatic rings. The molecule has 8 nitrogen and oxygen atoms in total. The summed E-state index contributed by atoms with van der Waals surface area (Å²) >= 11 is 1.16. The van der Waals surface area contributed by atoms with Gasteiger partial charge in [-0.05, 0) is 62.6 Å². The number of aliphatic carboxylic acids is 1. The summed E-state index contributed by atoms with van der Waals surface area (Å²) in [6.45, 7) is 4.74. The Hall–Kier alpha value is -3.93. The highest BCUT2D eigenvalue weighted by Gasteiger charge is 2.34. The SMILES string of the molecule is CCOc1nc(C(F)(F)F)cc(=O)n1-c1ccc2snc(-c3cc(C)ccc3OC(C)C(=O)[O-])c2c1. The van der Waals surface area contributed by atoms with E-state index >= 15 is 0 Å². The van der Waals surface area contributed by atoms with E-state index in [1.165, 1.54) is 6.92 Å². The fraction of sp³-hybridized carbons (Fsp3) is 0.250. The van der Waals surface area contributed by atoms with Crippen molar-refractivity contribution in [1.29, 1.82) is 0 Å². The fourth-order valence-corrected chi connectivity index (χ4v) is 4.27. The predicted molar refractivity (Wildman–Crippen MR) is 124 cm³/mol. The first-order valence-electron chi connectivity index (χ1n) is 10.7. The first-order chi connectivity index (χ1) is 17.0. The molecule has 0 aliphatic heterocycles. The zero-order chi connectivity index (χ0) is 26.2. The van der Waals surface area contributed by atoms with Gasteiger partial charge in [-0.15, -0.1) is 0 Å². The van der Waals surface area contributed by atoms with Gasteiger partial charge >= 0.3 is 12.2 Å². The number of carbonyl (C=O) groups excluding carboxylic acids is 1. The van der Waals surface area contributed by atoms with E-state index in [2.05, 4.69) is 9.36 Å². The predicted octanol–water partition coefficient (Wildman–Crippen LogP) is 3.75. The van der Waals surface area contributed by atoms with Crippen LogP contribution in [0.5, 0.6) is 11.8 Å². The molecule has 0 N–H and O–H groups in total. The maximum Gasteiger partial charge on any atom is 0.433 e. The second-order valence-corrected chi connectivity index (χ2v) is 8.62. The monoisotopic (exact) mass is 518 g/mol.